The summed E-state index contributed by atoms with van der Waals surface area (Å²) in [6, 6.07) is 16.1. The number of nitrogens with zero attached hydrogens (tertiary/aromatic N) is 7. The molecule has 0 spiro atoms. The first-order valence-corrected chi connectivity index (χ1v) is 12.7. The molecule has 1 aliphatic heterocycles. The van der Waals surface area contributed by atoms with Crippen LogP contribution >= 0.6 is 11.6 Å². The maximum atomic E-state index is 13.5. The second kappa shape index (κ2) is 9.49. The van der Waals surface area contributed by atoms with Gasteiger partial charge >= 0.3 is 0 Å². The zero-order chi connectivity index (χ0) is 25.5. The molecule has 0 saturated carbocycles. The largest absolute Gasteiger partial charge is 0.371 e. The Morgan fingerprint density at radius 2 is 1.78 bits per heavy atom. The Kier molecular flexibility index (Phi) is 6.02. The van der Waals surface area contributed by atoms with Crippen molar-refractivity contribution in [1.29, 1.82) is 0 Å². The van der Waals surface area contributed by atoms with E-state index in [1.165, 1.54) is 23.1 Å². The zero-order valence-electron chi connectivity index (χ0n) is 20.7. The van der Waals surface area contributed by atoms with Crippen molar-refractivity contribution in [1.82, 2.24) is 28.8 Å². The number of benzene rings is 2. The summed E-state index contributed by atoms with van der Waals surface area (Å²) < 4.78 is 3.26. The average Bonchev–Trinajstić information content (AvgIpc) is 3.40. The molecule has 1 N–H and O–H groups in total. The molecule has 2 aromatic carbocycles. The van der Waals surface area contributed by atoms with Crippen LogP contribution in [0, 0.1) is 0 Å². The first kappa shape index (κ1) is 23.4. The van der Waals surface area contributed by atoms with Gasteiger partial charge in [0.2, 0.25) is 11.7 Å². The lowest BCUT2D eigenvalue weighted by Gasteiger charge is -2.36. The number of imidazole rings is 1. The predicted octanol–water partition coefficient (Wildman–Crippen LogP) is 4.36. The van der Waals surface area contributed by atoms with Crippen LogP contribution in [0.2, 0.25) is 5.02 Å². The number of hydrogen-bond donors (Lipinski definition) is 1. The standard InChI is InChI=1S/C27H27ClN8O/c1-33(2)19-11-14-34(15-12-19)20-9-7-18(8-10-20)31-26-30-17-21-24(32-26)35-16-13-29-27(35)36(25(21)37)23-6-4-3-5-22(23)28/h3-10,13,16-17,19H,11-12,14-15H2,1-2H3,(H,30,31,32). The highest BCUT2D eigenvalue weighted by Gasteiger charge is 2.21. The van der Waals surface area contributed by atoms with Crippen molar-refractivity contribution in [3.63, 3.8) is 0 Å². The summed E-state index contributed by atoms with van der Waals surface area (Å²) in [4.78, 5) is 31.7. The van der Waals surface area contributed by atoms with E-state index < -0.39 is 0 Å². The number of nitrogens with one attached hydrogen (secondary N) is 1. The SMILES string of the molecule is CN(C)C1CCN(c2ccc(Nc3ncc4c(=O)n(-c5ccccc5Cl)c5nccn5c4n3)cc2)CC1. The molecule has 1 saturated heterocycles. The van der Waals surface area contributed by atoms with Crippen LogP contribution < -0.4 is 15.8 Å². The van der Waals surface area contributed by atoms with Gasteiger partial charge in [0.15, 0.2) is 5.65 Å². The van der Waals surface area contributed by atoms with E-state index in [-0.39, 0.29) is 5.56 Å². The molecular formula is C27H27ClN8O. The molecule has 5 aromatic rings. The molecule has 188 valence electrons. The van der Waals surface area contributed by atoms with E-state index in [4.69, 9.17) is 11.6 Å². The van der Waals surface area contributed by atoms with Crippen molar-refractivity contribution >= 4 is 45.7 Å². The van der Waals surface area contributed by atoms with Gasteiger partial charge in [-0.3, -0.25) is 9.20 Å². The molecule has 9 nitrogen and oxygen atoms in total. The Morgan fingerprint density at radius 3 is 2.51 bits per heavy atom. The lowest BCUT2D eigenvalue weighted by Crippen LogP contribution is -2.41. The molecule has 37 heavy (non-hydrogen) atoms. The molecular weight excluding hydrogens is 488 g/mol. The van der Waals surface area contributed by atoms with Crippen LogP contribution in [0.4, 0.5) is 17.3 Å². The third-order valence-corrected chi connectivity index (χ3v) is 7.35. The Morgan fingerprint density at radius 1 is 1.03 bits per heavy atom. The van der Waals surface area contributed by atoms with Crippen molar-refractivity contribution in [2.45, 2.75) is 18.9 Å². The second-order valence-corrected chi connectivity index (χ2v) is 9.88. The van der Waals surface area contributed by atoms with E-state index in [9.17, 15) is 4.79 Å². The average molecular weight is 515 g/mol. The minimum Gasteiger partial charge on any atom is -0.371 e. The predicted molar refractivity (Wildman–Crippen MR) is 148 cm³/mol. The molecule has 1 aliphatic rings. The normalized spacial score (nSPS) is 14.6. The number of para-hydroxylation sites is 1. The first-order chi connectivity index (χ1) is 18.0. The lowest BCUT2D eigenvalue weighted by atomic mass is 10.0. The number of hydrogen-bond acceptors (Lipinski definition) is 7. The minimum absolute atomic E-state index is 0.282. The molecule has 1 fully saturated rings. The maximum absolute atomic E-state index is 13.5. The van der Waals surface area contributed by atoms with Gasteiger partial charge in [0.1, 0.15) is 5.39 Å². The van der Waals surface area contributed by atoms with E-state index in [1.807, 2.05) is 24.3 Å². The van der Waals surface area contributed by atoms with Gasteiger partial charge in [0.25, 0.3) is 5.56 Å². The Bertz CT molecular complexity index is 1630. The van der Waals surface area contributed by atoms with Crippen molar-refractivity contribution in [3.05, 3.63) is 82.5 Å². The second-order valence-electron chi connectivity index (χ2n) is 9.47. The number of piperidine rings is 1. The topological polar surface area (TPSA) is 83.6 Å². The van der Waals surface area contributed by atoms with Crippen LogP contribution in [0.3, 0.4) is 0 Å². The highest BCUT2D eigenvalue weighted by Crippen LogP contribution is 2.25. The fourth-order valence-electron chi connectivity index (χ4n) is 4.98. The van der Waals surface area contributed by atoms with E-state index in [2.05, 4.69) is 56.3 Å². The van der Waals surface area contributed by atoms with Gasteiger partial charge < -0.3 is 15.1 Å². The first-order valence-electron chi connectivity index (χ1n) is 12.3. The highest BCUT2D eigenvalue weighted by molar-refractivity contribution is 6.32. The van der Waals surface area contributed by atoms with Crippen LogP contribution in [0.1, 0.15) is 12.8 Å². The van der Waals surface area contributed by atoms with E-state index in [1.54, 1.807) is 35.1 Å². The van der Waals surface area contributed by atoms with Gasteiger partial charge in [-0.1, -0.05) is 23.7 Å². The quantitative estimate of drug-likeness (QED) is 0.373. The zero-order valence-corrected chi connectivity index (χ0v) is 21.4. The van der Waals surface area contributed by atoms with Crippen LogP contribution in [0.15, 0.2) is 71.9 Å². The van der Waals surface area contributed by atoms with E-state index in [0.717, 1.165) is 18.8 Å². The van der Waals surface area contributed by atoms with Crippen LogP contribution in [0.25, 0.3) is 22.5 Å². The van der Waals surface area contributed by atoms with Crippen molar-refractivity contribution in [2.75, 3.05) is 37.4 Å². The van der Waals surface area contributed by atoms with Gasteiger partial charge in [0.05, 0.1) is 10.7 Å². The van der Waals surface area contributed by atoms with E-state index >= 15 is 0 Å². The summed E-state index contributed by atoms with van der Waals surface area (Å²) in [6.45, 7) is 2.10. The summed E-state index contributed by atoms with van der Waals surface area (Å²) in [5.74, 6) is 0.828. The van der Waals surface area contributed by atoms with Gasteiger partial charge in [-0.15, -0.1) is 0 Å². The van der Waals surface area contributed by atoms with Gasteiger partial charge in [-0.05, 0) is 63.3 Å². The summed E-state index contributed by atoms with van der Waals surface area (Å²) in [5, 5.41) is 4.09. The molecule has 4 heterocycles. The van der Waals surface area contributed by atoms with Crippen molar-refractivity contribution in [3.8, 4) is 5.69 Å². The molecule has 6 rings (SSSR count). The molecule has 0 aliphatic carbocycles. The molecule has 0 atom stereocenters. The molecule has 0 unspecified atom stereocenters. The third kappa shape index (κ3) is 4.30. The van der Waals surface area contributed by atoms with Crippen LogP contribution in [-0.2, 0) is 0 Å². The minimum atomic E-state index is -0.282. The number of halogens is 1. The molecule has 3 aromatic heterocycles. The van der Waals surface area contributed by atoms with Crippen molar-refractivity contribution < 1.29 is 0 Å². The summed E-state index contributed by atoms with van der Waals surface area (Å²) in [6.07, 6.45) is 7.28. The van der Waals surface area contributed by atoms with Gasteiger partial charge in [0, 0.05) is 49.1 Å². The monoisotopic (exact) mass is 514 g/mol. The van der Waals surface area contributed by atoms with Crippen LogP contribution in [-0.4, -0.2) is 62.0 Å². The summed E-state index contributed by atoms with van der Waals surface area (Å²) in [5.41, 5.74) is 2.83. The molecule has 0 bridgehead atoms. The Labute approximate surface area is 219 Å². The highest BCUT2D eigenvalue weighted by atomic mass is 35.5. The van der Waals surface area contributed by atoms with Crippen LogP contribution in [0.5, 0.6) is 0 Å². The maximum Gasteiger partial charge on any atom is 0.270 e. The van der Waals surface area contributed by atoms with E-state index in [0.29, 0.717) is 39.5 Å². The van der Waals surface area contributed by atoms with Gasteiger partial charge in [-0.2, -0.15) is 4.98 Å². The number of rotatable bonds is 5. The Balaban J connectivity index is 1.29. The summed E-state index contributed by atoms with van der Waals surface area (Å²) in [7, 11) is 4.31. The van der Waals surface area contributed by atoms with Crippen molar-refractivity contribution in [2.24, 2.45) is 0 Å². The fraction of sp³-hybridized carbons (Fsp3) is 0.259. The number of fused-ring (bicyclic) bond motifs is 3. The molecule has 10 heteroatoms. The smallest absolute Gasteiger partial charge is 0.270 e. The Hall–Kier alpha value is -3.95. The molecule has 0 radical (unpaired) electrons. The number of aromatic nitrogens is 5. The number of anilines is 3. The molecule has 0 amide bonds. The van der Waals surface area contributed by atoms with Gasteiger partial charge in [-0.25, -0.2) is 14.5 Å². The lowest BCUT2D eigenvalue weighted by molar-refractivity contribution is 0.249. The summed E-state index contributed by atoms with van der Waals surface area (Å²) >= 11 is 6.40. The third-order valence-electron chi connectivity index (χ3n) is 7.03. The fourth-order valence-corrected chi connectivity index (χ4v) is 5.20.